The van der Waals surface area contributed by atoms with Gasteiger partial charge < -0.3 is 16.8 Å². The fraction of sp³-hybridized carbons (Fsp3) is 0.895. The van der Waals surface area contributed by atoms with Crippen LogP contribution in [0.5, 0.6) is 0 Å². The van der Waals surface area contributed by atoms with Gasteiger partial charge in [0.25, 0.3) is 0 Å². The summed E-state index contributed by atoms with van der Waals surface area (Å²) in [5.41, 5.74) is 10.9. The van der Waals surface area contributed by atoms with E-state index in [-0.39, 0.29) is 5.11 Å². The molecule has 0 saturated carbocycles. The van der Waals surface area contributed by atoms with Crippen LogP contribution in [0.4, 0.5) is 0 Å². The zero-order valence-electron chi connectivity index (χ0n) is 15.8. The van der Waals surface area contributed by atoms with Crippen molar-refractivity contribution >= 4 is 23.3 Å². The number of hydrogen-bond acceptors (Lipinski definition) is 2. The van der Waals surface area contributed by atoms with E-state index in [1.165, 1.54) is 89.9 Å². The summed E-state index contributed by atoms with van der Waals surface area (Å²) in [7, 11) is 0. The van der Waals surface area contributed by atoms with E-state index in [0.717, 1.165) is 13.0 Å². The van der Waals surface area contributed by atoms with Crippen LogP contribution in [0, 0.1) is 0 Å². The first-order chi connectivity index (χ1) is 11.7. The van der Waals surface area contributed by atoms with Crippen LogP contribution in [0.25, 0.3) is 0 Å². The van der Waals surface area contributed by atoms with Crippen molar-refractivity contribution in [3.8, 4) is 0 Å². The fourth-order valence-electron chi connectivity index (χ4n) is 2.85. The Labute approximate surface area is 155 Å². The summed E-state index contributed by atoms with van der Waals surface area (Å²) in [6, 6.07) is 0. The molecule has 0 bridgehead atoms. The van der Waals surface area contributed by atoms with E-state index in [9.17, 15) is 0 Å². The quantitative estimate of drug-likeness (QED) is 0.157. The van der Waals surface area contributed by atoms with Gasteiger partial charge in [-0.3, -0.25) is 4.99 Å². The number of unbranched alkanes of at least 4 members (excludes halogenated alkanes) is 14. The minimum absolute atomic E-state index is 0.174. The highest BCUT2D eigenvalue weighted by Crippen LogP contribution is 2.13. The molecule has 0 aromatic rings. The highest BCUT2D eigenvalue weighted by molar-refractivity contribution is 7.80. The highest BCUT2D eigenvalue weighted by Gasteiger charge is 1.95. The van der Waals surface area contributed by atoms with Crippen LogP contribution in [-0.2, 0) is 0 Å². The molecule has 0 spiro atoms. The lowest BCUT2D eigenvalue weighted by atomic mass is 10.0. The molecular formula is C19H40N4S. The van der Waals surface area contributed by atoms with Gasteiger partial charge in [-0.25, -0.2) is 0 Å². The molecule has 142 valence electrons. The van der Waals surface area contributed by atoms with E-state index in [1.807, 2.05) is 0 Å². The minimum atomic E-state index is 0.174. The first-order valence-electron chi connectivity index (χ1n) is 10.0. The van der Waals surface area contributed by atoms with Crippen LogP contribution in [0.1, 0.15) is 103 Å². The Kier molecular flexibility index (Phi) is 17.9. The molecule has 0 heterocycles. The van der Waals surface area contributed by atoms with Crippen LogP contribution in [-0.4, -0.2) is 17.6 Å². The van der Waals surface area contributed by atoms with E-state index in [4.69, 9.17) is 23.7 Å². The van der Waals surface area contributed by atoms with Crippen LogP contribution in [0.15, 0.2) is 4.99 Å². The number of aliphatic imine (C=N–C) groups is 1. The smallest absolute Gasteiger partial charge is 0.194 e. The third-order valence-corrected chi connectivity index (χ3v) is 4.40. The number of nitrogens with two attached hydrogens (primary N) is 2. The number of nitrogens with one attached hydrogen (secondary N) is 1. The maximum absolute atomic E-state index is 5.61. The molecule has 0 amide bonds. The van der Waals surface area contributed by atoms with E-state index >= 15 is 0 Å². The Morgan fingerprint density at radius 2 is 1.08 bits per heavy atom. The van der Waals surface area contributed by atoms with Crippen LogP contribution in [0.3, 0.4) is 0 Å². The zero-order valence-corrected chi connectivity index (χ0v) is 16.6. The molecule has 0 aliphatic rings. The Hall–Kier alpha value is -0.840. The maximum atomic E-state index is 5.61. The van der Waals surface area contributed by atoms with Gasteiger partial charge in [-0.15, -0.1) is 0 Å². The first kappa shape index (κ1) is 23.2. The Morgan fingerprint density at radius 3 is 1.46 bits per heavy atom. The fourth-order valence-corrected chi connectivity index (χ4v) is 2.95. The zero-order chi connectivity index (χ0) is 17.9. The van der Waals surface area contributed by atoms with Crippen LogP contribution < -0.4 is 16.8 Å². The van der Waals surface area contributed by atoms with E-state index in [1.54, 1.807) is 0 Å². The summed E-state index contributed by atoms with van der Waals surface area (Å²) in [6.07, 6.45) is 20.5. The van der Waals surface area contributed by atoms with E-state index < -0.39 is 0 Å². The molecule has 0 aromatic heterocycles. The highest BCUT2D eigenvalue weighted by atomic mass is 32.1. The van der Waals surface area contributed by atoms with Gasteiger partial charge in [-0.1, -0.05) is 96.8 Å². The molecule has 5 N–H and O–H groups in total. The molecule has 0 aliphatic carbocycles. The molecule has 0 aromatic carbocycles. The molecule has 0 radical (unpaired) electrons. The third-order valence-electron chi connectivity index (χ3n) is 4.30. The summed E-state index contributed by atoms with van der Waals surface area (Å²) >= 11 is 4.69. The van der Waals surface area contributed by atoms with E-state index in [0.29, 0.717) is 5.96 Å². The van der Waals surface area contributed by atoms with Crippen molar-refractivity contribution in [2.45, 2.75) is 103 Å². The standard InChI is InChI=1S/C19H40N4S/c1-2-3-4-5-6-7-8-9-10-11-12-13-14-15-16-17-22-18(20)23-19(21)24/h2-17H2,1H3,(H5,20,21,22,23,24). The van der Waals surface area contributed by atoms with Crippen molar-refractivity contribution in [3.63, 3.8) is 0 Å². The second-order valence-electron chi connectivity index (χ2n) is 6.71. The summed E-state index contributed by atoms with van der Waals surface area (Å²) in [5.74, 6) is 0.327. The Bertz CT molecular complexity index is 318. The molecule has 0 unspecified atom stereocenters. The first-order valence-corrected chi connectivity index (χ1v) is 10.4. The summed E-state index contributed by atoms with van der Waals surface area (Å²) in [5, 5.41) is 2.81. The van der Waals surface area contributed by atoms with Crippen LogP contribution in [0.2, 0.25) is 0 Å². The Morgan fingerprint density at radius 1 is 0.708 bits per heavy atom. The van der Waals surface area contributed by atoms with Gasteiger partial charge in [-0.2, -0.15) is 0 Å². The molecule has 0 aliphatic heterocycles. The van der Waals surface area contributed by atoms with Crippen molar-refractivity contribution in [2.75, 3.05) is 6.54 Å². The molecule has 24 heavy (non-hydrogen) atoms. The predicted molar refractivity (Wildman–Crippen MR) is 111 cm³/mol. The maximum Gasteiger partial charge on any atom is 0.194 e. The minimum Gasteiger partial charge on any atom is -0.376 e. The third kappa shape index (κ3) is 19.2. The lowest BCUT2D eigenvalue weighted by Crippen LogP contribution is -2.40. The number of thiocarbonyl (C=S) groups is 1. The Balaban J connectivity index is 3.14. The van der Waals surface area contributed by atoms with E-state index in [2.05, 4.69) is 17.2 Å². The van der Waals surface area contributed by atoms with Crippen molar-refractivity contribution in [3.05, 3.63) is 0 Å². The summed E-state index contributed by atoms with van der Waals surface area (Å²) < 4.78 is 0. The van der Waals surface area contributed by atoms with Gasteiger partial charge in [0.2, 0.25) is 0 Å². The van der Waals surface area contributed by atoms with Gasteiger partial charge in [0.15, 0.2) is 11.1 Å². The monoisotopic (exact) mass is 356 g/mol. The molecule has 0 saturated heterocycles. The average Bonchev–Trinajstić information content (AvgIpc) is 2.53. The lowest BCUT2D eigenvalue weighted by Gasteiger charge is -2.04. The largest absolute Gasteiger partial charge is 0.376 e. The second-order valence-corrected chi connectivity index (χ2v) is 7.15. The SMILES string of the molecule is CCCCCCCCCCCCCCCCCN=C(N)NC(N)=S. The van der Waals surface area contributed by atoms with Gasteiger partial charge in [-0.05, 0) is 18.6 Å². The second kappa shape index (κ2) is 18.5. The average molecular weight is 357 g/mol. The molecule has 0 atom stereocenters. The molecular weight excluding hydrogens is 316 g/mol. The number of guanidine groups is 1. The van der Waals surface area contributed by atoms with Gasteiger partial charge in [0.05, 0.1) is 0 Å². The number of hydrogen-bond donors (Lipinski definition) is 3. The summed E-state index contributed by atoms with van der Waals surface area (Å²) in [4.78, 5) is 4.18. The predicted octanol–water partition coefficient (Wildman–Crippen LogP) is 5.01. The summed E-state index contributed by atoms with van der Waals surface area (Å²) in [6.45, 7) is 3.03. The topological polar surface area (TPSA) is 76.4 Å². The molecule has 5 heteroatoms. The van der Waals surface area contributed by atoms with Crippen LogP contribution >= 0.6 is 12.2 Å². The van der Waals surface area contributed by atoms with Gasteiger partial charge >= 0.3 is 0 Å². The van der Waals surface area contributed by atoms with Gasteiger partial charge in [0, 0.05) is 6.54 Å². The molecule has 0 fully saturated rings. The number of rotatable bonds is 16. The lowest BCUT2D eigenvalue weighted by molar-refractivity contribution is 0.533. The van der Waals surface area contributed by atoms with Crippen molar-refractivity contribution in [1.82, 2.24) is 5.32 Å². The molecule has 0 rings (SSSR count). The number of nitrogens with zero attached hydrogens (tertiary/aromatic N) is 1. The van der Waals surface area contributed by atoms with Gasteiger partial charge in [0.1, 0.15) is 0 Å². The molecule has 4 nitrogen and oxygen atoms in total. The van der Waals surface area contributed by atoms with Crippen molar-refractivity contribution in [2.24, 2.45) is 16.5 Å². The van der Waals surface area contributed by atoms with Crippen molar-refractivity contribution in [1.29, 1.82) is 0 Å². The normalized spacial score (nSPS) is 11.6. The van der Waals surface area contributed by atoms with Crippen molar-refractivity contribution < 1.29 is 0 Å².